The van der Waals surface area contributed by atoms with Crippen LogP contribution in [0.4, 0.5) is 0 Å². The van der Waals surface area contributed by atoms with Gasteiger partial charge in [-0.15, -0.1) is 0 Å². The van der Waals surface area contributed by atoms with Crippen LogP contribution in [0, 0.1) is 5.92 Å². The molecule has 0 aliphatic carbocycles. The van der Waals surface area contributed by atoms with Gasteiger partial charge in [0.2, 0.25) is 0 Å². The van der Waals surface area contributed by atoms with Gasteiger partial charge in [0.25, 0.3) is 0 Å². The van der Waals surface area contributed by atoms with E-state index in [-0.39, 0.29) is 0 Å². The van der Waals surface area contributed by atoms with Crippen molar-refractivity contribution in [3.63, 3.8) is 0 Å². The van der Waals surface area contributed by atoms with Crippen LogP contribution in [0.2, 0.25) is 0 Å². The van der Waals surface area contributed by atoms with Crippen LogP contribution in [0.3, 0.4) is 0 Å². The van der Waals surface area contributed by atoms with Crippen molar-refractivity contribution in [1.82, 2.24) is 10.2 Å². The highest BCUT2D eigenvalue weighted by Crippen LogP contribution is 2.12. The third-order valence-corrected chi connectivity index (χ3v) is 2.93. The van der Waals surface area contributed by atoms with Gasteiger partial charge in [-0.05, 0) is 58.3 Å². The van der Waals surface area contributed by atoms with Crippen LogP contribution in [0.15, 0.2) is 0 Å². The Hall–Kier alpha value is -0.120. The van der Waals surface area contributed by atoms with Crippen LogP contribution in [-0.2, 0) is 0 Å². The molecule has 84 valence electrons. The van der Waals surface area contributed by atoms with Crippen molar-refractivity contribution < 1.29 is 5.11 Å². The van der Waals surface area contributed by atoms with E-state index in [9.17, 15) is 0 Å². The van der Waals surface area contributed by atoms with E-state index < -0.39 is 0 Å². The molecule has 1 atom stereocenters. The summed E-state index contributed by atoms with van der Waals surface area (Å²) in [6, 6.07) is 0. The zero-order chi connectivity index (χ0) is 10.2. The summed E-state index contributed by atoms with van der Waals surface area (Å²) in [5.74, 6) is 0.859. The van der Waals surface area contributed by atoms with Gasteiger partial charge in [-0.1, -0.05) is 0 Å². The highest BCUT2D eigenvalue weighted by Gasteiger charge is 2.18. The summed E-state index contributed by atoms with van der Waals surface area (Å²) in [7, 11) is 2.20. The van der Waals surface area contributed by atoms with E-state index in [0.29, 0.717) is 6.61 Å². The van der Waals surface area contributed by atoms with Crippen molar-refractivity contribution >= 4 is 0 Å². The molecule has 0 amide bonds. The minimum absolute atomic E-state index is 0.341. The number of hydrogen-bond acceptors (Lipinski definition) is 3. The molecule has 0 aromatic rings. The Morgan fingerprint density at radius 3 is 2.86 bits per heavy atom. The minimum Gasteiger partial charge on any atom is -0.396 e. The largest absolute Gasteiger partial charge is 0.396 e. The van der Waals surface area contributed by atoms with Gasteiger partial charge in [-0.2, -0.15) is 0 Å². The van der Waals surface area contributed by atoms with Gasteiger partial charge in [0, 0.05) is 13.2 Å². The first kappa shape index (κ1) is 12.0. The Morgan fingerprint density at radius 1 is 1.36 bits per heavy atom. The summed E-state index contributed by atoms with van der Waals surface area (Å²) in [5, 5.41) is 12.1. The van der Waals surface area contributed by atoms with Crippen LogP contribution in [-0.4, -0.2) is 49.8 Å². The summed E-state index contributed by atoms with van der Waals surface area (Å²) in [4.78, 5) is 2.40. The fourth-order valence-corrected chi connectivity index (χ4v) is 2.04. The molecular weight excluding hydrogens is 176 g/mol. The Bertz CT molecular complexity index is 141. The molecule has 2 N–H and O–H groups in total. The molecule has 1 aliphatic heterocycles. The molecule has 1 fully saturated rings. The maximum Gasteiger partial charge on any atom is 0.0431 e. The number of nitrogens with zero attached hydrogens (tertiary/aromatic N) is 1. The lowest BCUT2D eigenvalue weighted by atomic mass is 10.1. The van der Waals surface area contributed by atoms with Gasteiger partial charge in [0.15, 0.2) is 0 Å². The fraction of sp³-hybridized carbons (Fsp3) is 1.00. The van der Waals surface area contributed by atoms with E-state index >= 15 is 0 Å². The highest BCUT2D eigenvalue weighted by atomic mass is 16.2. The van der Waals surface area contributed by atoms with Crippen LogP contribution in [0.5, 0.6) is 0 Å². The van der Waals surface area contributed by atoms with Crippen molar-refractivity contribution in [2.24, 2.45) is 5.92 Å². The quantitative estimate of drug-likeness (QED) is 0.594. The van der Waals surface area contributed by atoms with Crippen molar-refractivity contribution in [3.05, 3.63) is 0 Å². The highest BCUT2D eigenvalue weighted by molar-refractivity contribution is 4.74. The second kappa shape index (κ2) is 7.21. The molecule has 1 aliphatic rings. The molecule has 0 aromatic heterocycles. The number of aliphatic hydroxyl groups excluding tert-OH is 1. The number of likely N-dealkylation sites (tertiary alicyclic amines) is 1. The summed E-state index contributed by atoms with van der Waals surface area (Å²) in [6.45, 7) is 5.14. The summed E-state index contributed by atoms with van der Waals surface area (Å²) < 4.78 is 0. The van der Waals surface area contributed by atoms with Gasteiger partial charge >= 0.3 is 0 Å². The van der Waals surface area contributed by atoms with Crippen LogP contribution < -0.4 is 5.32 Å². The predicted octanol–water partition coefficient (Wildman–Crippen LogP) is 0.690. The van der Waals surface area contributed by atoms with Crippen LogP contribution >= 0.6 is 0 Å². The monoisotopic (exact) mass is 200 g/mol. The standard InChI is InChI=1S/C11H24N2O/c1-13-7-5-11(10-13)9-12-6-3-2-4-8-14/h11-12,14H,2-10H2,1H3. The Balaban J connectivity index is 1.84. The van der Waals surface area contributed by atoms with Crippen LogP contribution in [0.25, 0.3) is 0 Å². The summed E-state index contributed by atoms with van der Waals surface area (Å²) in [5.41, 5.74) is 0. The molecule has 14 heavy (non-hydrogen) atoms. The predicted molar refractivity (Wildman–Crippen MR) is 59.4 cm³/mol. The number of nitrogens with one attached hydrogen (secondary N) is 1. The normalized spacial score (nSPS) is 23.1. The molecule has 3 nitrogen and oxygen atoms in total. The average Bonchev–Trinajstić information content (AvgIpc) is 2.58. The van der Waals surface area contributed by atoms with E-state index in [1.165, 1.54) is 32.5 Å². The van der Waals surface area contributed by atoms with Gasteiger partial charge in [-0.25, -0.2) is 0 Å². The zero-order valence-corrected chi connectivity index (χ0v) is 9.34. The Morgan fingerprint density at radius 2 is 2.21 bits per heavy atom. The number of rotatable bonds is 7. The van der Waals surface area contributed by atoms with Gasteiger partial charge in [0.1, 0.15) is 0 Å². The lowest BCUT2D eigenvalue weighted by Crippen LogP contribution is -2.25. The molecular formula is C11H24N2O. The number of aliphatic hydroxyl groups is 1. The first-order valence-corrected chi connectivity index (χ1v) is 5.83. The van der Waals surface area contributed by atoms with E-state index in [1.54, 1.807) is 0 Å². The third-order valence-electron chi connectivity index (χ3n) is 2.93. The Labute approximate surface area is 87.5 Å². The lowest BCUT2D eigenvalue weighted by Gasteiger charge is -2.11. The first-order chi connectivity index (χ1) is 6.83. The van der Waals surface area contributed by atoms with Gasteiger partial charge in [0.05, 0.1) is 0 Å². The Kier molecular flexibility index (Phi) is 6.15. The minimum atomic E-state index is 0.341. The van der Waals surface area contributed by atoms with E-state index in [2.05, 4.69) is 17.3 Å². The second-order valence-corrected chi connectivity index (χ2v) is 4.41. The molecule has 1 saturated heterocycles. The smallest absolute Gasteiger partial charge is 0.0431 e. The lowest BCUT2D eigenvalue weighted by molar-refractivity contribution is 0.282. The summed E-state index contributed by atoms with van der Waals surface area (Å²) >= 11 is 0. The van der Waals surface area contributed by atoms with E-state index in [1.807, 2.05) is 0 Å². The molecule has 0 spiro atoms. The molecule has 1 unspecified atom stereocenters. The molecule has 0 bridgehead atoms. The summed E-state index contributed by atoms with van der Waals surface area (Å²) in [6.07, 6.45) is 4.64. The fourth-order valence-electron chi connectivity index (χ4n) is 2.04. The van der Waals surface area contributed by atoms with E-state index in [4.69, 9.17) is 5.11 Å². The molecule has 0 radical (unpaired) electrons. The maximum absolute atomic E-state index is 8.60. The van der Waals surface area contributed by atoms with Crippen molar-refractivity contribution in [2.75, 3.05) is 39.8 Å². The molecule has 1 rings (SSSR count). The molecule has 0 aromatic carbocycles. The molecule has 1 heterocycles. The van der Waals surface area contributed by atoms with Crippen molar-refractivity contribution in [1.29, 1.82) is 0 Å². The molecule has 0 saturated carbocycles. The van der Waals surface area contributed by atoms with E-state index in [0.717, 1.165) is 25.3 Å². The van der Waals surface area contributed by atoms with Gasteiger partial charge < -0.3 is 15.3 Å². The number of hydrogen-bond donors (Lipinski definition) is 2. The van der Waals surface area contributed by atoms with Crippen molar-refractivity contribution in [2.45, 2.75) is 25.7 Å². The number of unbranched alkanes of at least 4 members (excludes halogenated alkanes) is 2. The maximum atomic E-state index is 8.60. The van der Waals surface area contributed by atoms with Crippen molar-refractivity contribution in [3.8, 4) is 0 Å². The molecule has 3 heteroatoms. The van der Waals surface area contributed by atoms with Gasteiger partial charge in [-0.3, -0.25) is 0 Å². The second-order valence-electron chi connectivity index (χ2n) is 4.41. The SMILES string of the molecule is CN1CCC(CNCCCCCO)C1. The average molecular weight is 200 g/mol. The zero-order valence-electron chi connectivity index (χ0n) is 9.34. The first-order valence-electron chi connectivity index (χ1n) is 5.83. The topological polar surface area (TPSA) is 35.5 Å². The third kappa shape index (κ3) is 4.94. The van der Waals surface area contributed by atoms with Crippen LogP contribution in [0.1, 0.15) is 25.7 Å².